The van der Waals surface area contributed by atoms with E-state index >= 15 is 0 Å². The van der Waals surface area contributed by atoms with Gasteiger partial charge in [0.05, 0.1) is 10.8 Å². The second kappa shape index (κ2) is 5.38. The molecule has 102 valence electrons. The Bertz CT molecular complexity index is 492. The number of hydrazine groups is 1. The fourth-order valence-electron chi connectivity index (χ4n) is 1.86. The third-order valence-corrected chi connectivity index (χ3v) is 5.69. The minimum absolute atomic E-state index is 0.432. The van der Waals surface area contributed by atoms with Crippen LogP contribution in [0.2, 0.25) is 0 Å². The maximum Gasteiger partial charge on any atom is 0.154 e. The highest BCUT2D eigenvalue weighted by Gasteiger charge is 2.39. The molecule has 0 spiro atoms. The molecule has 1 atom stereocenters. The van der Waals surface area contributed by atoms with Crippen LogP contribution in [0.15, 0.2) is 24.3 Å². The molecule has 4 nitrogen and oxygen atoms in total. The lowest BCUT2D eigenvalue weighted by Gasteiger charge is -2.32. The van der Waals surface area contributed by atoms with Gasteiger partial charge in [0.15, 0.2) is 9.84 Å². The first-order valence-electron chi connectivity index (χ1n) is 5.98. The number of nitrogens with two attached hydrogens (primary N) is 1. The zero-order valence-corrected chi connectivity index (χ0v) is 12.2. The molecule has 0 amide bonds. The zero-order chi connectivity index (χ0) is 14.0. The molecular weight excluding hydrogens is 248 g/mol. The van der Waals surface area contributed by atoms with E-state index in [-0.39, 0.29) is 0 Å². The maximum absolute atomic E-state index is 11.9. The Morgan fingerprint density at radius 3 is 2.11 bits per heavy atom. The van der Waals surface area contributed by atoms with E-state index in [4.69, 9.17) is 5.84 Å². The summed E-state index contributed by atoms with van der Waals surface area (Å²) >= 11 is 0. The van der Waals surface area contributed by atoms with Crippen LogP contribution in [-0.2, 0) is 16.3 Å². The summed E-state index contributed by atoms with van der Waals surface area (Å²) in [4.78, 5) is 0. The predicted molar refractivity (Wildman–Crippen MR) is 74.8 cm³/mol. The lowest BCUT2D eigenvalue weighted by Crippen LogP contribution is -2.47. The van der Waals surface area contributed by atoms with E-state index in [9.17, 15) is 8.42 Å². The Hall–Kier alpha value is -0.910. The van der Waals surface area contributed by atoms with Gasteiger partial charge in [0.25, 0.3) is 0 Å². The first-order valence-corrected chi connectivity index (χ1v) is 7.87. The highest BCUT2D eigenvalue weighted by atomic mass is 32.2. The van der Waals surface area contributed by atoms with Crippen molar-refractivity contribution in [1.82, 2.24) is 5.43 Å². The van der Waals surface area contributed by atoms with Crippen molar-refractivity contribution in [2.75, 3.05) is 6.26 Å². The van der Waals surface area contributed by atoms with Crippen LogP contribution in [0.5, 0.6) is 0 Å². The number of nitrogens with one attached hydrogen (secondary N) is 1. The Labute approximate surface area is 109 Å². The summed E-state index contributed by atoms with van der Waals surface area (Å²) < 4.78 is 22.7. The van der Waals surface area contributed by atoms with Crippen molar-refractivity contribution in [3.8, 4) is 0 Å². The largest absolute Gasteiger partial charge is 0.271 e. The lowest BCUT2D eigenvalue weighted by atomic mass is 9.94. The molecule has 0 heterocycles. The predicted octanol–water partition coefficient (Wildman–Crippen LogP) is 1.58. The molecule has 0 bridgehead atoms. The van der Waals surface area contributed by atoms with Gasteiger partial charge in [-0.25, -0.2) is 8.42 Å². The Balaban J connectivity index is 3.17. The second-order valence-electron chi connectivity index (χ2n) is 5.07. The van der Waals surface area contributed by atoms with E-state index in [1.54, 1.807) is 13.8 Å². The third-order valence-electron chi connectivity index (χ3n) is 3.54. The van der Waals surface area contributed by atoms with Gasteiger partial charge in [0, 0.05) is 6.26 Å². The summed E-state index contributed by atoms with van der Waals surface area (Å²) in [6.07, 6.45) is 2.19. The topological polar surface area (TPSA) is 72.2 Å². The minimum Gasteiger partial charge on any atom is -0.271 e. The molecule has 0 saturated heterocycles. The van der Waals surface area contributed by atoms with Crippen molar-refractivity contribution in [2.24, 2.45) is 5.84 Å². The standard InChI is InChI=1S/C13H22N2O2S/c1-5-10-6-8-11(9-7-10)12(15-14)13(2,3)18(4,16)17/h6-9,12,15H,5,14H2,1-4H3. The van der Waals surface area contributed by atoms with Crippen molar-refractivity contribution in [2.45, 2.75) is 38.0 Å². The summed E-state index contributed by atoms with van der Waals surface area (Å²) in [5.74, 6) is 5.54. The first kappa shape index (κ1) is 15.1. The monoisotopic (exact) mass is 270 g/mol. The smallest absolute Gasteiger partial charge is 0.154 e. The van der Waals surface area contributed by atoms with Gasteiger partial charge in [-0.2, -0.15) is 0 Å². The summed E-state index contributed by atoms with van der Waals surface area (Å²) in [6.45, 7) is 5.44. The van der Waals surface area contributed by atoms with Gasteiger partial charge in [0.2, 0.25) is 0 Å². The van der Waals surface area contributed by atoms with Crippen molar-refractivity contribution in [3.05, 3.63) is 35.4 Å². The molecule has 3 N–H and O–H groups in total. The maximum atomic E-state index is 11.9. The van der Waals surface area contributed by atoms with Gasteiger partial charge < -0.3 is 0 Å². The molecule has 5 heteroatoms. The molecule has 0 aromatic heterocycles. The molecule has 18 heavy (non-hydrogen) atoms. The lowest BCUT2D eigenvalue weighted by molar-refractivity contribution is 0.427. The van der Waals surface area contributed by atoms with Crippen molar-refractivity contribution >= 4 is 9.84 Å². The van der Waals surface area contributed by atoms with E-state index in [0.717, 1.165) is 12.0 Å². The molecule has 1 rings (SSSR count). The zero-order valence-electron chi connectivity index (χ0n) is 11.4. The van der Waals surface area contributed by atoms with Crippen LogP contribution >= 0.6 is 0 Å². The fraction of sp³-hybridized carbons (Fsp3) is 0.538. The highest BCUT2D eigenvalue weighted by molar-refractivity contribution is 7.92. The Kier molecular flexibility index (Phi) is 4.53. The van der Waals surface area contributed by atoms with Crippen molar-refractivity contribution in [1.29, 1.82) is 0 Å². The number of benzene rings is 1. The van der Waals surface area contributed by atoms with Crippen LogP contribution in [0, 0.1) is 0 Å². The summed E-state index contributed by atoms with van der Waals surface area (Å²) in [5, 5.41) is 0. The number of hydrogen-bond donors (Lipinski definition) is 2. The SMILES string of the molecule is CCc1ccc(C(NN)C(C)(C)S(C)(=O)=O)cc1. The van der Waals surface area contributed by atoms with E-state index in [2.05, 4.69) is 12.3 Å². The average molecular weight is 270 g/mol. The number of hydrogen-bond acceptors (Lipinski definition) is 4. The van der Waals surface area contributed by atoms with Gasteiger partial charge in [-0.3, -0.25) is 11.3 Å². The molecule has 1 aromatic carbocycles. The molecule has 0 saturated carbocycles. The van der Waals surface area contributed by atoms with Crippen LogP contribution in [-0.4, -0.2) is 19.4 Å². The van der Waals surface area contributed by atoms with E-state index in [1.807, 2.05) is 24.3 Å². The molecule has 1 aromatic rings. The van der Waals surface area contributed by atoms with Crippen LogP contribution in [0.1, 0.15) is 37.9 Å². The summed E-state index contributed by atoms with van der Waals surface area (Å²) in [7, 11) is -3.22. The highest BCUT2D eigenvalue weighted by Crippen LogP contribution is 2.31. The second-order valence-corrected chi connectivity index (χ2v) is 7.67. The molecule has 0 aliphatic heterocycles. The summed E-state index contributed by atoms with van der Waals surface area (Å²) in [5.41, 5.74) is 4.72. The Morgan fingerprint density at radius 1 is 1.28 bits per heavy atom. The summed E-state index contributed by atoms with van der Waals surface area (Å²) in [6, 6.07) is 7.42. The van der Waals surface area contributed by atoms with Crippen molar-refractivity contribution in [3.63, 3.8) is 0 Å². The van der Waals surface area contributed by atoms with E-state index in [0.29, 0.717) is 0 Å². The van der Waals surface area contributed by atoms with Gasteiger partial charge >= 0.3 is 0 Å². The van der Waals surface area contributed by atoms with Crippen LogP contribution in [0.3, 0.4) is 0 Å². The third kappa shape index (κ3) is 2.91. The minimum atomic E-state index is -3.22. The number of rotatable bonds is 5. The first-order chi connectivity index (χ1) is 8.24. The molecule has 1 unspecified atom stereocenters. The van der Waals surface area contributed by atoms with Crippen LogP contribution in [0.25, 0.3) is 0 Å². The fourth-order valence-corrected chi connectivity index (χ4v) is 2.49. The van der Waals surface area contributed by atoms with Gasteiger partial charge in [-0.05, 0) is 31.4 Å². The molecule has 0 fully saturated rings. The molecular formula is C13H22N2O2S. The number of sulfone groups is 1. The normalized spacial score (nSPS) is 14.5. The Morgan fingerprint density at radius 2 is 1.78 bits per heavy atom. The van der Waals surface area contributed by atoms with E-state index in [1.165, 1.54) is 11.8 Å². The molecule has 0 radical (unpaired) electrons. The van der Waals surface area contributed by atoms with Gasteiger partial charge in [0.1, 0.15) is 0 Å². The molecule has 0 aliphatic rings. The number of aryl methyl sites for hydroxylation is 1. The van der Waals surface area contributed by atoms with E-state index < -0.39 is 20.6 Å². The van der Waals surface area contributed by atoms with Crippen LogP contribution in [0.4, 0.5) is 0 Å². The van der Waals surface area contributed by atoms with Gasteiger partial charge in [-0.1, -0.05) is 31.2 Å². The quantitative estimate of drug-likeness (QED) is 0.629. The van der Waals surface area contributed by atoms with Gasteiger partial charge in [-0.15, -0.1) is 0 Å². The average Bonchev–Trinajstić information content (AvgIpc) is 2.29. The molecule has 0 aliphatic carbocycles. The van der Waals surface area contributed by atoms with Crippen molar-refractivity contribution < 1.29 is 8.42 Å². The van der Waals surface area contributed by atoms with Crippen LogP contribution < -0.4 is 11.3 Å².